The molecule has 0 aliphatic carbocycles. The van der Waals surface area contributed by atoms with Gasteiger partial charge in [0.15, 0.2) is 12.7 Å². The Morgan fingerprint density at radius 2 is 1.86 bits per heavy atom. The summed E-state index contributed by atoms with van der Waals surface area (Å²) in [4.78, 5) is 37.9. The maximum atomic E-state index is 12.1. The lowest BCUT2D eigenvalue weighted by Crippen LogP contribution is -2.41. The van der Waals surface area contributed by atoms with Crippen molar-refractivity contribution >= 4 is 23.5 Å². The van der Waals surface area contributed by atoms with Crippen LogP contribution in [0, 0.1) is 0 Å². The summed E-state index contributed by atoms with van der Waals surface area (Å²) in [5, 5.41) is 2.76. The average Bonchev–Trinajstić information content (AvgIpc) is 2.73. The lowest BCUT2D eigenvalue weighted by Gasteiger charge is -2.29. The predicted molar refractivity (Wildman–Crippen MR) is 108 cm³/mol. The number of nitrogens with zero attached hydrogens (tertiary/aromatic N) is 1. The number of esters is 1. The van der Waals surface area contributed by atoms with E-state index in [0.29, 0.717) is 24.4 Å². The van der Waals surface area contributed by atoms with E-state index in [0.717, 1.165) is 5.56 Å². The number of anilines is 1. The van der Waals surface area contributed by atoms with E-state index in [1.54, 1.807) is 18.2 Å². The average molecular weight is 396 g/mol. The van der Waals surface area contributed by atoms with Crippen LogP contribution in [0.2, 0.25) is 0 Å². The number of rotatable bonds is 8. The van der Waals surface area contributed by atoms with Gasteiger partial charge in [-0.15, -0.1) is 0 Å². The first-order valence-electron chi connectivity index (χ1n) is 9.58. The Hall–Kier alpha value is -3.35. The second kappa shape index (κ2) is 9.73. The number of para-hydroxylation sites is 2. The number of hydrogen-bond donors (Lipinski definition) is 1. The van der Waals surface area contributed by atoms with E-state index in [4.69, 9.17) is 9.47 Å². The van der Waals surface area contributed by atoms with Crippen molar-refractivity contribution in [3.8, 4) is 5.75 Å². The minimum atomic E-state index is -0.897. The molecule has 152 valence electrons. The van der Waals surface area contributed by atoms with Gasteiger partial charge >= 0.3 is 5.97 Å². The van der Waals surface area contributed by atoms with Gasteiger partial charge in [-0.2, -0.15) is 0 Å². The van der Waals surface area contributed by atoms with Crippen LogP contribution in [0.5, 0.6) is 5.75 Å². The predicted octanol–water partition coefficient (Wildman–Crippen LogP) is 2.09. The van der Waals surface area contributed by atoms with Gasteiger partial charge in [0.05, 0.1) is 12.1 Å². The highest BCUT2D eigenvalue weighted by Gasteiger charge is 2.26. The standard InChI is InChI=1S/C22H24N2O5/c1-16(22(27)23-13-11-17-7-3-2-4-8-17)29-21(26)12-14-24-18-9-5-6-10-19(18)28-15-20(24)25/h2-10,16H,11-15H2,1H3,(H,23,27). The van der Waals surface area contributed by atoms with E-state index in [2.05, 4.69) is 5.32 Å². The van der Waals surface area contributed by atoms with Gasteiger partial charge in [0, 0.05) is 13.1 Å². The fourth-order valence-electron chi connectivity index (χ4n) is 3.03. The van der Waals surface area contributed by atoms with Crippen molar-refractivity contribution in [2.24, 2.45) is 0 Å². The molecule has 1 unspecified atom stereocenters. The van der Waals surface area contributed by atoms with E-state index in [1.807, 2.05) is 36.4 Å². The number of amides is 2. The molecule has 1 aliphatic heterocycles. The van der Waals surface area contributed by atoms with E-state index in [-0.39, 0.29) is 31.4 Å². The molecule has 0 fully saturated rings. The first kappa shape index (κ1) is 20.4. The quantitative estimate of drug-likeness (QED) is 0.691. The number of fused-ring (bicyclic) bond motifs is 1. The summed E-state index contributed by atoms with van der Waals surface area (Å²) in [6.45, 7) is 2.10. The number of carbonyl (C=O) groups is 3. The van der Waals surface area contributed by atoms with Crippen molar-refractivity contribution in [1.82, 2.24) is 5.32 Å². The van der Waals surface area contributed by atoms with Gasteiger partial charge in [0.1, 0.15) is 5.75 Å². The topological polar surface area (TPSA) is 84.9 Å². The molecule has 1 atom stereocenters. The van der Waals surface area contributed by atoms with E-state index in [1.165, 1.54) is 11.8 Å². The van der Waals surface area contributed by atoms with Crippen molar-refractivity contribution in [2.75, 3.05) is 24.6 Å². The lowest BCUT2D eigenvalue weighted by molar-refractivity contribution is -0.154. The van der Waals surface area contributed by atoms with Crippen molar-refractivity contribution in [2.45, 2.75) is 25.9 Å². The summed E-state index contributed by atoms with van der Waals surface area (Å²) in [5.74, 6) is -0.496. The minimum absolute atomic E-state index is 0.0122. The van der Waals surface area contributed by atoms with E-state index < -0.39 is 12.1 Å². The molecule has 7 nitrogen and oxygen atoms in total. The van der Waals surface area contributed by atoms with Crippen LogP contribution in [0.25, 0.3) is 0 Å². The SMILES string of the molecule is CC(OC(=O)CCN1C(=O)COc2ccccc21)C(=O)NCCc1ccccc1. The summed E-state index contributed by atoms with van der Waals surface area (Å²) in [6, 6.07) is 17.0. The van der Waals surface area contributed by atoms with Gasteiger partial charge in [0.2, 0.25) is 0 Å². The van der Waals surface area contributed by atoms with Crippen LogP contribution in [0.3, 0.4) is 0 Å². The van der Waals surface area contributed by atoms with Crippen LogP contribution in [0.1, 0.15) is 18.9 Å². The molecule has 0 saturated carbocycles. The second-order valence-electron chi connectivity index (χ2n) is 6.71. The van der Waals surface area contributed by atoms with Gasteiger partial charge in [-0.05, 0) is 31.0 Å². The zero-order valence-electron chi connectivity index (χ0n) is 16.3. The molecule has 7 heteroatoms. The van der Waals surface area contributed by atoms with Crippen LogP contribution in [-0.4, -0.2) is 43.6 Å². The van der Waals surface area contributed by atoms with Crippen molar-refractivity contribution in [3.05, 3.63) is 60.2 Å². The number of benzene rings is 2. The fourth-order valence-corrected chi connectivity index (χ4v) is 3.03. The molecule has 1 N–H and O–H groups in total. The summed E-state index contributed by atoms with van der Waals surface area (Å²) in [6.07, 6.45) is -0.209. The van der Waals surface area contributed by atoms with E-state index in [9.17, 15) is 14.4 Å². The zero-order valence-corrected chi connectivity index (χ0v) is 16.3. The van der Waals surface area contributed by atoms with Crippen molar-refractivity contribution in [3.63, 3.8) is 0 Å². The molecule has 0 saturated heterocycles. The Kier molecular flexibility index (Phi) is 6.84. The number of ether oxygens (including phenoxy) is 2. The Labute approximate surface area is 169 Å². The van der Waals surface area contributed by atoms with Gasteiger partial charge < -0.3 is 19.7 Å². The largest absolute Gasteiger partial charge is 0.482 e. The van der Waals surface area contributed by atoms with Gasteiger partial charge in [0.25, 0.3) is 11.8 Å². The third-order valence-corrected chi connectivity index (χ3v) is 4.58. The van der Waals surface area contributed by atoms with Gasteiger partial charge in [-0.25, -0.2) is 0 Å². The molecule has 1 aliphatic rings. The molecule has 2 aromatic carbocycles. The molecule has 0 aromatic heterocycles. The van der Waals surface area contributed by atoms with Crippen molar-refractivity contribution in [1.29, 1.82) is 0 Å². The minimum Gasteiger partial charge on any atom is -0.482 e. The lowest BCUT2D eigenvalue weighted by atomic mass is 10.1. The molecule has 29 heavy (non-hydrogen) atoms. The number of hydrogen-bond acceptors (Lipinski definition) is 5. The summed E-state index contributed by atoms with van der Waals surface area (Å²) >= 11 is 0. The first-order chi connectivity index (χ1) is 14.0. The van der Waals surface area contributed by atoms with Crippen LogP contribution in [0.15, 0.2) is 54.6 Å². The Morgan fingerprint density at radius 1 is 1.14 bits per heavy atom. The molecule has 3 rings (SSSR count). The molecule has 0 bridgehead atoms. The Morgan fingerprint density at radius 3 is 2.66 bits per heavy atom. The van der Waals surface area contributed by atoms with Crippen LogP contribution >= 0.6 is 0 Å². The number of nitrogens with one attached hydrogen (secondary N) is 1. The third-order valence-electron chi connectivity index (χ3n) is 4.58. The molecule has 0 spiro atoms. The summed E-state index contributed by atoms with van der Waals surface area (Å²) < 4.78 is 10.6. The molecular formula is C22H24N2O5. The van der Waals surface area contributed by atoms with Gasteiger partial charge in [-0.1, -0.05) is 42.5 Å². The Bertz CT molecular complexity index is 869. The molecule has 2 amide bonds. The fraction of sp³-hybridized carbons (Fsp3) is 0.318. The smallest absolute Gasteiger partial charge is 0.308 e. The van der Waals surface area contributed by atoms with Gasteiger partial charge in [-0.3, -0.25) is 14.4 Å². The number of carbonyl (C=O) groups excluding carboxylic acids is 3. The molecule has 0 radical (unpaired) electrons. The first-order valence-corrected chi connectivity index (χ1v) is 9.58. The summed E-state index contributed by atoms with van der Waals surface area (Å²) in [5.41, 5.74) is 1.75. The highest BCUT2D eigenvalue weighted by molar-refractivity contribution is 5.98. The molecular weight excluding hydrogens is 372 g/mol. The Balaban J connectivity index is 1.43. The van der Waals surface area contributed by atoms with E-state index >= 15 is 0 Å². The monoisotopic (exact) mass is 396 g/mol. The van der Waals surface area contributed by atoms with Crippen molar-refractivity contribution < 1.29 is 23.9 Å². The third kappa shape index (κ3) is 5.57. The maximum Gasteiger partial charge on any atom is 0.308 e. The highest BCUT2D eigenvalue weighted by Crippen LogP contribution is 2.31. The normalized spacial score (nSPS) is 13.8. The van der Waals surface area contributed by atoms with Crippen LogP contribution in [-0.2, 0) is 25.5 Å². The maximum absolute atomic E-state index is 12.1. The van der Waals surface area contributed by atoms with Crippen LogP contribution in [0.4, 0.5) is 5.69 Å². The molecule has 2 aromatic rings. The molecule has 1 heterocycles. The summed E-state index contributed by atoms with van der Waals surface area (Å²) in [7, 11) is 0. The zero-order chi connectivity index (χ0) is 20.6. The van der Waals surface area contributed by atoms with Crippen LogP contribution < -0.4 is 15.0 Å². The highest BCUT2D eigenvalue weighted by atomic mass is 16.5. The second-order valence-corrected chi connectivity index (χ2v) is 6.71.